The lowest BCUT2D eigenvalue weighted by Crippen LogP contribution is -2.03. The molecule has 0 unspecified atom stereocenters. The second kappa shape index (κ2) is 3.96. The fourth-order valence-electron chi connectivity index (χ4n) is 1.41. The van der Waals surface area contributed by atoms with Gasteiger partial charge in [0.15, 0.2) is 0 Å². The lowest BCUT2D eigenvalue weighted by atomic mass is 10.1. The van der Waals surface area contributed by atoms with Crippen molar-refractivity contribution in [1.29, 1.82) is 0 Å². The third-order valence-corrected chi connectivity index (χ3v) is 2.13. The molecule has 1 N–H and O–H groups in total. The molecule has 15 heavy (non-hydrogen) atoms. The van der Waals surface area contributed by atoms with E-state index in [1.807, 2.05) is 18.2 Å². The van der Waals surface area contributed by atoms with Crippen molar-refractivity contribution in [3.8, 4) is 11.1 Å². The number of H-pyrrole nitrogens is 1. The Morgan fingerprint density at radius 3 is 2.73 bits per heavy atom. The van der Waals surface area contributed by atoms with Crippen LogP contribution in [0, 0.1) is 0 Å². The van der Waals surface area contributed by atoms with E-state index in [0.717, 1.165) is 11.1 Å². The van der Waals surface area contributed by atoms with Crippen LogP contribution in [0.2, 0.25) is 0 Å². The fourth-order valence-corrected chi connectivity index (χ4v) is 1.41. The molecule has 0 aliphatic carbocycles. The molecule has 0 aliphatic rings. The molecular weight excluding hydrogens is 192 g/mol. The lowest BCUT2D eigenvalue weighted by molar-refractivity contribution is 0.0596. The number of pyridine rings is 1. The van der Waals surface area contributed by atoms with Gasteiger partial charge in [-0.2, -0.15) is 0 Å². The van der Waals surface area contributed by atoms with Gasteiger partial charge in [-0.05, 0) is 23.8 Å². The van der Waals surface area contributed by atoms with E-state index in [0.29, 0.717) is 5.69 Å². The highest BCUT2D eigenvalue weighted by molar-refractivity contribution is 5.95. The Bertz CT molecular complexity index is 462. The van der Waals surface area contributed by atoms with Gasteiger partial charge in [0, 0.05) is 24.2 Å². The van der Waals surface area contributed by atoms with Crippen molar-refractivity contribution in [1.82, 2.24) is 9.97 Å². The topological polar surface area (TPSA) is 55.0 Å². The number of hydrogen-bond acceptors (Lipinski definition) is 3. The molecule has 0 saturated heterocycles. The van der Waals surface area contributed by atoms with Gasteiger partial charge in [-0.15, -0.1) is 0 Å². The summed E-state index contributed by atoms with van der Waals surface area (Å²) in [6.07, 6.45) is 5.08. The summed E-state index contributed by atoms with van der Waals surface area (Å²) in [7, 11) is 1.36. The molecule has 0 amide bonds. The minimum atomic E-state index is -0.369. The Morgan fingerprint density at radius 2 is 2.07 bits per heavy atom. The molecule has 0 radical (unpaired) electrons. The van der Waals surface area contributed by atoms with Crippen molar-refractivity contribution in [2.75, 3.05) is 7.11 Å². The van der Waals surface area contributed by atoms with Gasteiger partial charge in [-0.3, -0.25) is 4.98 Å². The summed E-state index contributed by atoms with van der Waals surface area (Å²) in [6.45, 7) is 0. The maximum atomic E-state index is 11.4. The largest absolute Gasteiger partial charge is 0.464 e. The summed E-state index contributed by atoms with van der Waals surface area (Å²) in [5.41, 5.74) is 2.22. The molecule has 0 spiro atoms. The molecule has 4 heteroatoms. The number of nitrogens with one attached hydrogen (secondary N) is 1. The van der Waals surface area contributed by atoms with Crippen LogP contribution in [-0.2, 0) is 4.74 Å². The lowest BCUT2D eigenvalue weighted by Gasteiger charge is -2.01. The molecule has 0 atom stereocenters. The summed E-state index contributed by atoms with van der Waals surface area (Å²) < 4.78 is 4.67. The fraction of sp³-hybridized carbons (Fsp3) is 0.0909. The third kappa shape index (κ3) is 1.74. The normalized spacial score (nSPS) is 9.93. The van der Waals surface area contributed by atoms with Crippen molar-refractivity contribution >= 4 is 5.97 Å². The molecule has 76 valence electrons. The number of carbonyl (C=O) groups excluding carboxylic acids is 1. The number of carbonyl (C=O) groups is 1. The second-order valence-electron chi connectivity index (χ2n) is 2.99. The predicted octanol–water partition coefficient (Wildman–Crippen LogP) is 1.86. The van der Waals surface area contributed by atoms with Crippen LogP contribution in [-0.4, -0.2) is 23.0 Å². The molecule has 2 rings (SSSR count). The molecule has 0 fully saturated rings. The molecule has 0 aromatic carbocycles. The van der Waals surface area contributed by atoms with Crippen LogP contribution >= 0.6 is 0 Å². The Hall–Kier alpha value is -2.10. The Kier molecular flexibility index (Phi) is 2.49. The van der Waals surface area contributed by atoms with Crippen molar-refractivity contribution in [3.05, 3.63) is 42.5 Å². The first-order valence-electron chi connectivity index (χ1n) is 4.49. The van der Waals surface area contributed by atoms with E-state index in [1.165, 1.54) is 7.11 Å². The number of hydrogen-bond donors (Lipinski definition) is 1. The van der Waals surface area contributed by atoms with Crippen LogP contribution < -0.4 is 0 Å². The zero-order chi connectivity index (χ0) is 10.7. The molecule has 0 saturated carbocycles. The Morgan fingerprint density at radius 1 is 1.33 bits per heavy atom. The van der Waals surface area contributed by atoms with Crippen molar-refractivity contribution < 1.29 is 9.53 Å². The third-order valence-electron chi connectivity index (χ3n) is 2.13. The van der Waals surface area contributed by atoms with Crippen molar-refractivity contribution in [2.24, 2.45) is 0 Å². The number of aromatic nitrogens is 2. The number of aromatic amines is 1. The van der Waals surface area contributed by atoms with Crippen LogP contribution in [0.3, 0.4) is 0 Å². The summed E-state index contributed by atoms with van der Waals surface area (Å²) in [6, 6.07) is 5.52. The summed E-state index contributed by atoms with van der Waals surface area (Å²) >= 11 is 0. The van der Waals surface area contributed by atoms with Gasteiger partial charge in [0.05, 0.1) is 7.11 Å². The summed E-state index contributed by atoms with van der Waals surface area (Å²) in [5, 5.41) is 0. The van der Waals surface area contributed by atoms with Gasteiger partial charge in [0.2, 0.25) is 0 Å². The van der Waals surface area contributed by atoms with E-state index in [1.54, 1.807) is 18.6 Å². The van der Waals surface area contributed by atoms with E-state index in [-0.39, 0.29) is 5.97 Å². The predicted molar refractivity (Wildman–Crippen MR) is 55.4 cm³/mol. The zero-order valence-corrected chi connectivity index (χ0v) is 8.23. The van der Waals surface area contributed by atoms with Gasteiger partial charge in [-0.1, -0.05) is 0 Å². The number of rotatable bonds is 2. The minimum absolute atomic E-state index is 0.369. The summed E-state index contributed by atoms with van der Waals surface area (Å²) in [5.74, 6) is -0.369. The first kappa shape index (κ1) is 9.45. The quantitative estimate of drug-likeness (QED) is 0.756. The van der Waals surface area contributed by atoms with Crippen LogP contribution in [0.25, 0.3) is 11.1 Å². The number of nitrogens with zero attached hydrogens (tertiary/aromatic N) is 1. The zero-order valence-electron chi connectivity index (χ0n) is 8.23. The summed E-state index contributed by atoms with van der Waals surface area (Å²) in [4.78, 5) is 18.2. The van der Waals surface area contributed by atoms with E-state index in [2.05, 4.69) is 14.7 Å². The maximum Gasteiger partial charge on any atom is 0.355 e. The highest BCUT2D eigenvalue weighted by Crippen LogP contribution is 2.22. The molecular formula is C11H10N2O2. The van der Waals surface area contributed by atoms with Crippen LogP contribution in [0.4, 0.5) is 0 Å². The number of methoxy groups -OCH3 is 1. The van der Waals surface area contributed by atoms with E-state index >= 15 is 0 Å². The molecule has 0 aliphatic heterocycles. The van der Waals surface area contributed by atoms with Crippen LogP contribution in [0.5, 0.6) is 0 Å². The van der Waals surface area contributed by atoms with E-state index in [9.17, 15) is 4.79 Å². The van der Waals surface area contributed by atoms with Gasteiger partial charge >= 0.3 is 5.97 Å². The molecule has 0 bridgehead atoms. The second-order valence-corrected chi connectivity index (χ2v) is 2.99. The SMILES string of the molecule is COC(=O)c1[nH]ccc1-c1ccncc1. The molecule has 2 aromatic heterocycles. The Labute approximate surface area is 86.9 Å². The first-order chi connectivity index (χ1) is 7.33. The number of ether oxygens (including phenoxy) is 1. The monoisotopic (exact) mass is 202 g/mol. The minimum Gasteiger partial charge on any atom is -0.464 e. The smallest absolute Gasteiger partial charge is 0.355 e. The highest BCUT2D eigenvalue weighted by Gasteiger charge is 2.13. The van der Waals surface area contributed by atoms with Gasteiger partial charge in [0.1, 0.15) is 5.69 Å². The highest BCUT2D eigenvalue weighted by atomic mass is 16.5. The maximum absolute atomic E-state index is 11.4. The molecule has 4 nitrogen and oxygen atoms in total. The average molecular weight is 202 g/mol. The van der Waals surface area contributed by atoms with E-state index < -0.39 is 0 Å². The Balaban J connectivity index is 2.46. The molecule has 2 aromatic rings. The first-order valence-corrected chi connectivity index (χ1v) is 4.49. The van der Waals surface area contributed by atoms with Crippen molar-refractivity contribution in [3.63, 3.8) is 0 Å². The standard InChI is InChI=1S/C11H10N2O2/c1-15-11(14)10-9(4-7-13-10)8-2-5-12-6-3-8/h2-7,13H,1H3. The molecule has 2 heterocycles. The van der Waals surface area contributed by atoms with Gasteiger partial charge < -0.3 is 9.72 Å². The van der Waals surface area contributed by atoms with Crippen LogP contribution in [0.1, 0.15) is 10.5 Å². The van der Waals surface area contributed by atoms with Crippen LogP contribution in [0.15, 0.2) is 36.8 Å². The van der Waals surface area contributed by atoms with E-state index in [4.69, 9.17) is 0 Å². The number of esters is 1. The average Bonchev–Trinajstić information content (AvgIpc) is 2.78. The van der Waals surface area contributed by atoms with Gasteiger partial charge in [0.25, 0.3) is 0 Å². The van der Waals surface area contributed by atoms with Crippen molar-refractivity contribution in [2.45, 2.75) is 0 Å². The van der Waals surface area contributed by atoms with Gasteiger partial charge in [-0.25, -0.2) is 4.79 Å².